The summed E-state index contributed by atoms with van der Waals surface area (Å²) in [4.78, 5) is 33.8. The first-order valence-electron chi connectivity index (χ1n) is 8.50. The Morgan fingerprint density at radius 1 is 1.12 bits per heavy atom. The van der Waals surface area contributed by atoms with Gasteiger partial charge in [0, 0.05) is 18.0 Å². The smallest absolute Gasteiger partial charge is 0.251 e. The van der Waals surface area contributed by atoms with Gasteiger partial charge >= 0.3 is 0 Å². The summed E-state index contributed by atoms with van der Waals surface area (Å²) < 4.78 is 0.956. The van der Waals surface area contributed by atoms with Crippen LogP contribution in [-0.4, -0.2) is 34.2 Å². The average molecular weight is 368 g/mol. The van der Waals surface area contributed by atoms with Crippen molar-refractivity contribution in [3.63, 3.8) is 0 Å². The lowest BCUT2D eigenvalue weighted by atomic mass is 10.0. The van der Waals surface area contributed by atoms with Crippen LogP contribution in [-0.2, 0) is 0 Å². The van der Waals surface area contributed by atoms with Gasteiger partial charge in [-0.25, -0.2) is 4.98 Å². The van der Waals surface area contributed by atoms with Crippen molar-refractivity contribution >= 4 is 33.2 Å². The molecule has 26 heavy (non-hydrogen) atoms. The van der Waals surface area contributed by atoms with Crippen molar-refractivity contribution < 1.29 is 9.59 Å². The number of unbranched alkanes of at least 4 members (excludes halogenated alkanes) is 1. The minimum absolute atomic E-state index is 0.161. The van der Waals surface area contributed by atoms with Crippen molar-refractivity contribution in [2.45, 2.75) is 25.3 Å². The number of para-hydroxylation sites is 1. The molecular weight excluding hydrogens is 348 g/mol. The molecular formula is C19H20N4O2S. The molecule has 0 aliphatic carbocycles. The van der Waals surface area contributed by atoms with Crippen molar-refractivity contribution in [2.24, 2.45) is 5.73 Å². The Labute approximate surface area is 155 Å². The molecule has 0 saturated carbocycles. The fourth-order valence-electron chi connectivity index (χ4n) is 2.63. The number of hydrogen-bond donors (Lipinski definition) is 2. The van der Waals surface area contributed by atoms with Gasteiger partial charge in [0.1, 0.15) is 0 Å². The van der Waals surface area contributed by atoms with Gasteiger partial charge in [-0.2, -0.15) is 0 Å². The second-order valence-corrected chi connectivity index (χ2v) is 6.93. The van der Waals surface area contributed by atoms with Crippen molar-refractivity contribution in [1.82, 2.24) is 15.3 Å². The lowest BCUT2D eigenvalue weighted by molar-refractivity contribution is 0.0851. The number of nitrogens with zero attached hydrogens (tertiary/aromatic N) is 2. The maximum absolute atomic E-state index is 13.0. The number of carbonyl (C=O) groups excluding carboxylic acids is 2. The molecule has 0 saturated heterocycles. The highest BCUT2D eigenvalue weighted by molar-refractivity contribution is 7.20. The Morgan fingerprint density at radius 3 is 2.62 bits per heavy atom. The minimum atomic E-state index is -0.622. The Balaban J connectivity index is 1.80. The quantitative estimate of drug-likeness (QED) is 0.471. The van der Waals surface area contributed by atoms with Gasteiger partial charge in [0.25, 0.3) is 5.91 Å². The van der Waals surface area contributed by atoms with Crippen LogP contribution in [0.25, 0.3) is 10.2 Å². The first-order valence-corrected chi connectivity index (χ1v) is 9.31. The normalized spacial score (nSPS) is 12.0. The average Bonchev–Trinajstić information content (AvgIpc) is 3.11. The monoisotopic (exact) mass is 368 g/mol. The summed E-state index contributed by atoms with van der Waals surface area (Å²) in [6.45, 7) is 0.556. The number of benzene rings is 1. The molecule has 3 aromatic rings. The van der Waals surface area contributed by atoms with Gasteiger partial charge in [0.05, 0.1) is 16.3 Å². The highest BCUT2D eigenvalue weighted by Gasteiger charge is 2.25. The zero-order valence-corrected chi connectivity index (χ0v) is 15.0. The van der Waals surface area contributed by atoms with Crippen LogP contribution in [0.2, 0.25) is 0 Å². The van der Waals surface area contributed by atoms with Crippen LogP contribution in [0.5, 0.6) is 0 Å². The van der Waals surface area contributed by atoms with Gasteiger partial charge in [-0.1, -0.05) is 12.1 Å². The number of rotatable bonds is 8. The predicted molar refractivity (Wildman–Crippen MR) is 102 cm³/mol. The topological polar surface area (TPSA) is 98.0 Å². The van der Waals surface area contributed by atoms with E-state index in [1.807, 2.05) is 24.3 Å². The van der Waals surface area contributed by atoms with E-state index < -0.39 is 6.04 Å². The Bertz CT molecular complexity index is 862. The van der Waals surface area contributed by atoms with E-state index >= 15 is 0 Å². The van der Waals surface area contributed by atoms with Crippen LogP contribution in [0.1, 0.15) is 39.4 Å². The van der Waals surface area contributed by atoms with Crippen molar-refractivity contribution in [2.75, 3.05) is 6.54 Å². The number of pyridine rings is 1. The number of nitrogens with two attached hydrogens (primary N) is 1. The molecule has 0 fully saturated rings. The molecule has 0 aliphatic rings. The molecule has 7 heteroatoms. The number of hydrogen-bond acceptors (Lipinski definition) is 6. The Morgan fingerprint density at radius 2 is 1.88 bits per heavy atom. The summed E-state index contributed by atoms with van der Waals surface area (Å²) in [5, 5.41) is 3.26. The molecule has 3 rings (SSSR count). The molecule has 1 aromatic carbocycles. The molecule has 0 radical (unpaired) electrons. The van der Waals surface area contributed by atoms with Crippen LogP contribution in [0.4, 0.5) is 0 Å². The maximum Gasteiger partial charge on any atom is 0.251 e. The standard InChI is InChI=1S/C19H20N4O2S/c20-10-4-3-6-15(22-18(25)13-8-11-21-12-9-13)17(24)19-23-14-5-1-2-7-16(14)26-19/h1-2,5,7-9,11-12,15H,3-4,6,10,20H2,(H,22,25)/t15-/m0/s1. The van der Waals surface area contributed by atoms with E-state index in [-0.39, 0.29) is 11.7 Å². The van der Waals surface area contributed by atoms with Crippen LogP contribution in [0.3, 0.4) is 0 Å². The van der Waals surface area contributed by atoms with E-state index in [1.165, 1.54) is 11.3 Å². The maximum atomic E-state index is 13.0. The lowest BCUT2D eigenvalue weighted by Gasteiger charge is -2.16. The van der Waals surface area contributed by atoms with Crippen LogP contribution < -0.4 is 11.1 Å². The van der Waals surface area contributed by atoms with Crippen molar-refractivity contribution in [1.29, 1.82) is 0 Å². The number of Topliss-reactive ketones (excluding diaryl/α,β-unsaturated/α-hetero) is 1. The van der Waals surface area contributed by atoms with Gasteiger partial charge in [0.2, 0.25) is 5.78 Å². The second-order valence-electron chi connectivity index (χ2n) is 5.90. The zero-order valence-electron chi connectivity index (χ0n) is 14.2. The number of carbonyl (C=O) groups is 2. The summed E-state index contributed by atoms with van der Waals surface area (Å²) >= 11 is 1.35. The van der Waals surface area contributed by atoms with Gasteiger partial charge in [-0.15, -0.1) is 11.3 Å². The fourth-order valence-corrected chi connectivity index (χ4v) is 3.59. The summed E-state index contributed by atoms with van der Waals surface area (Å²) in [6, 6.07) is 10.2. The number of thiazole rings is 1. The minimum Gasteiger partial charge on any atom is -0.342 e. The second kappa shape index (κ2) is 8.64. The van der Waals surface area contributed by atoms with Crippen molar-refractivity contribution in [3.05, 3.63) is 59.4 Å². The molecule has 0 aliphatic heterocycles. The largest absolute Gasteiger partial charge is 0.342 e. The molecule has 0 unspecified atom stereocenters. The van der Waals surface area contributed by atoms with Crippen molar-refractivity contribution in [3.8, 4) is 0 Å². The van der Waals surface area contributed by atoms with E-state index in [4.69, 9.17) is 5.73 Å². The third-order valence-corrected chi connectivity index (χ3v) is 5.07. The third kappa shape index (κ3) is 4.30. The number of fused-ring (bicyclic) bond motifs is 1. The first kappa shape index (κ1) is 18.2. The summed E-state index contributed by atoms with van der Waals surface area (Å²) in [5.41, 5.74) is 6.82. The summed E-state index contributed by atoms with van der Waals surface area (Å²) in [5.74, 6) is -0.453. The molecule has 1 atom stereocenters. The van der Waals surface area contributed by atoms with E-state index in [1.54, 1.807) is 24.5 Å². The van der Waals surface area contributed by atoms with E-state index in [0.29, 0.717) is 23.5 Å². The molecule has 3 N–H and O–H groups in total. The first-order chi connectivity index (χ1) is 12.7. The highest BCUT2D eigenvalue weighted by Crippen LogP contribution is 2.23. The molecule has 2 aromatic heterocycles. The molecule has 134 valence electrons. The Hall–Kier alpha value is -2.64. The fraction of sp³-hybridized carbons (Fsp3) is 0.263. The highest BCUT2D eigenvalue weighted by atomic mass is 32.1. The van der Waals surface area contributed by atoms with E-state index in [9.17, 15) is 9.59 Å². The van der Waals surface area contributed by atoms with Crippen LogP contribution in [0, 0.1) is 0 Å². The number of ketones is 1. The summed E-state index contributed by atoms with van der Waals surface area (Å²) in [7, 11) is 0. The number of nitrogens with one attached hydrogen (secondary N) is 1. The van der Waals surface area contributed by atoms with E-state index in [2.05, 4.69) is 15.3 Å². The van der Waals surface area contributed by atoms with Gasteiger partial charge in [-0.05, 0) is 50.1 Å². The number of amides is 1. The summed E-state index contributed by atoms with van der Waals surface area (Å²) in [6.07, 6.45) is 5.19. The Kier molecular flexibility index (Phi) is 6.04. The van der Waals surface area contributed by atoms with Crippen LogP contribution >= 0.6 is 11.3 Å². The molecule has 6 nitrogen and oxygen atoms in total. The SMILES string of the molecule is NCCCC[C@H](NC(=O)c1ccncc1)C(=O)c1nc2ccccc2s1. The van der Waals surface area contributed by atoms with Gasteiger partial charge < -0.3 is 11.1 Å². The van der Waals surface area contributed by atoms with Gasteiger partial charge in [0.15, 0.2) is 5.01 Å². The van der Waals surface area contributed by atoms with Crippen LogP contribution in [0.15, 0.2) is 48.8 Å². The van der Waals surface area contributed by atoms with Gasteiger partial charge in [-0.3, -0.25) is 14.6 Å². The zero-order chi connectivity index (χ0) is 18.4. The van der Waals surface area contributed by atoms with E-state index in [0.717, 1.165) is 23.1 Å². The molecule has 0 spiro atoms. The predicted octanol–water partition coefficient (Wildman–Crippen LogP) is 2.80. The molecule has 2 heterocycles. The molecule has 1 amide bonds. The third-order valence-electron chi connectivity index (χ3n) is 4.02. The molecule has 0 bridgehead atoms. The lowest BCUT2D eigenvalue weighted by Crippen LogP contribution is -2.41. The number of aromatic nitrogens is 2.